The number of rotatable bonds is 7. The molecule has 0 aliphatic rings. The van der Waals surface area contributed by atoms with Crippen LogP contribution < -0.4 is 0 Å². The minimum atomic E-state index is -0.608. The van der Waals surface area contributed by atoms with Crippen molar-refractivity contribution in [1.82, 2.24) is 0 Å². The third-order valence-corrected chi connectivity index (χ3v) is 1.69. The van der Waals surface area contributed by atoms with Gasteiger partial charge in [-0.25, -0.2) is 9.59 Å². The van der Waals surface area contributed by atoms with Crippen molar-refractivity contribution in [3.05, 3.63) is 24.3 Å². The number of carbonyl (C=O) groups excluding carboxylic acids is 2. The first-order chi connectivity index (χ1) is 9.22. The zero-order chi connectivity index (χ0) is 16.1. The SMILES string of the molecule is C=C(C)C(=O)OCC(C)O.C=C(C)C(=O)OCCCO. The van der Waals surface area contributed by atoms with Gasteiger partial charge in [0.25, 0.3) is 0 Å². The Morgan fingerprint density at radius 1 is 1.10 bits per heavy atom. The molecule has 0 aliphatic heterocycles. The van der Waals surface area contributed by atoms with Gasteiger partial charge in [-0.05, 0) is 20.8 Å². The summed E-state index contributed by atoms with van der Waals surface area (Å²) >= 11 is 0. The highest BCUT2D eigenvalue weighted by molar-refractivity contribution is 5.87. The van der Waals surface area contributed by atoms with Crippen LogP contribution in [0.1, 0.15) is 27.2 Å². The summed E-state index contributed by atoms with van der Waals surface area (Å²) in [5, 5.41) is 17.0. The molecule has 0 bridgehead atoms. The van der Waals surface area contributed by atoms with Crippen LogP contribution in [0, 0.1) is 0 Å². The van der Waals surface area contributed by atoms with Crippen LogP contribution in [-0.2, 0) is 19.1 Å². The number of hydrogen-bond donors (Lipinski definition) is 2. The average molecular weight is 288 g/mol. The highest BCUT2D eigenvalue weighted by Crippen LogP contribution is 1.93. The minimum absolute atomic E-state index is 0.0334. The maximum Gasteiger partial charge on any atom is 0.333 e. The van der Waals surface area contributed by atoms with E-state index in [4.69, 9.17) is 10.2 Å². The first-order valence-electron chi connectivity index (χ1n) is 6.16. The van der Waals surface area contributed by atoms with E-state index in [-0.39, 0.29) is 19.8 Å². The summed E-state index contributed by atoms with van der Waals surface area (Å²) in [5.41, 5.74) is 0.735. The topological polar surface area (TPSA) is 93.1 Å². The first-order valence-corrected chi connectivity index (χ1v) is 6.16. The van der Waals surface area contributed by atoms with E-state index in [1.165, 1.54) is 0 Å². The molecule has 6 heteroatoms. The van der Waals surface area contributed by atoms with Gasteiger partial charge >= 0.3 is 11.9 Å². The Bertz CT molecular complexity index is 333. The van der Waals surface area contributed by atoms with E-state index in [0.29, 0.717) is 17.6 Å². The molecule has 0 radical (unpaired) electrons. The Hall–Kier alpha value is -1.66. The minimum Gasteiger partial charge on any atom is -0.462 e. The lowest BCUT2D eigenvalue weighted by Crippen LogP contribution is -2.15. The van der Waals surface area contributed by atoms with Crippen molar-refractivity contribution in [2.24, 2.45) is 0 Å². The van der Waals surface area contributed by atoms with Crippen molar-refractivity contribution in [1.29, 1.82) is 0 Å². The lowest BCUT2D eigenvalue weighted by molar-refractivity contribution is -0.141. The molecule has 0 aliphatic carbocycles. The van der Waals surface area contributed by atoms with E-state index < -0.39 is 18.0 Å². The quantitative estimate of drug-likeness (QED) is 0.412. The van der Waals surface area contributed by atoms with Gasteiger partial charge in [-0.15, -0.1) is 0 Å². The Morgan fingerprint density at radius 3 is 1.90 bits per heavy atom. The van der Waals surface area contributed by atoms with E-state index >= 15 is 0 Å². The van der Waals surface area contributed by atoms with Gasteiger partial charge in [0.1, 0.15) is 6.61 Å². The second-order valence-corrected chi connectivity index (χ2v) is 4.22. The van der Waals surface area contributed by atoms with Crippen molar-refractivity contribution in [2.75, 3.05) is 19.8 Å². The standard InChI is InChI=1S/2C7H12O3/c1-5(2)7(9)10-4-6(3)8;1-6(2)7(9)10-5-3-4-8/h6,8H,1,4H2,2-3H3;8H,1,3-5H2,2H3. The van der Waals surface area contributed by atoms with Crippen molar-refractivity contribution in [3.8, 4) is 0 Å². The lowest BCUT2D eigenvalue weighted by Gasteiger charge is -2.04. The van der Waals surface area contributed by atoms with Crippen LogP contribution in [-0.4, -0.2) is 48.1 Å². The summed E-state index contributed by atoms with van der Waals surface area (Å²) < 4.78 is 9.22. The van der Waals surface area contributed by atoms with Crippen molar-refractivity contribution < 1.29 is 29.3 Å². The molecule has 0 heterocycles. The molecular weight excluding hydrogens is 264 g/mol. The van der Waals surface area contributed by atoms with E-state index in [1.807, 2.05) is 0 Å². The van der Waals surface area contributed by atoms with Crippen LogP contribution in [0.5, 0.6) is 0 Å². The maximum atomic E-state index is 10.6. The number of carbonyl (C=O) groups is 2. The van der Waals surface area contributed by atoms with Crippen LogP contribution in [0.25, 0.3) is 0 Å². The Labute approximate surface area is 119 Å². The van der Waals surface area contributed by atoms with Gasteiger partial charge in [0.05, 0.1) is 12.7 Å². The molecule has 6 nitrogen and oxygen atoms in total. The van der Waals surface area contributed by atoms with Gasteiger partial charge in [0, 0.05) is 24.2 Å². The smallest absolute Gasteiger partial charge is 0.333 e. The zero-order valence-corrected chi connectivity index (χ0v) is 12.3. The van der Waals surface area contributed by atoms with Crippen LogP contribution >= 0.6 is 0 Å². The third-order valence-electron chi connectivity index (χ3n) is 1.69. The molecule has 0 aromatic carbocycles. The van der Waals surface area contributed by atoms with Crippen LogP contribution in [0.4, 0.5) is 0 Å². The molecule has 0 spiro atoms. The molecule has 0 aromatic heterocycles. The number of aliphatic hydroxyl groups excluding tert-OH is 2. The fraction of sp³-hybridized carbons (Fsp3) is 0.571. The van der Waals surface area contributed by atoms with Gasteiger partial charge in [-0.1, -0.05) is 13.2 Å². The summed E-state index contributed by atoms with van der Waals surface area (Å²) in [7, 11) is 0. The molecule has 116 valence electrons. The predicted molar refractivity (Wildman–Crippen MR) is 74.9 cm³/mol. The van der Waals surface area contributed by atoms with Crippen LogP contribution in [0.3, 0.4) is 0 Å². The van der Waals surface area contributed by atoms with Crippen molar-refractivity contribution in [3.63, 3.8) is 0 Å². The summed E-state index contributed by atoms with van der Waals surface area (Å²) in [6.45, 7) is 11.8. The molecule has 0 saturated carbocycles. The van der Waals surface area contributed by atoms with Gasteiger partial charge in [0.2, 0.25) is 0 Å². The normalized spacial score (nSPS) is 10.7. The van der Waals surface area contributed by atoms with Gasteiger partial charge in [-0.3, -0.25) is 0 Å². The molecular formula is C14H24O6. The van der Waals surface area contributed by atoms with E-state index in [2.05, 4.69) is 22.6 Å². The Balaban J connectivity index is 0. The largest absolute Gasteiger partial charge is 0.462 e. The predicted octanol–water partition coefficient (Wildman–Crippen LogP) is 0.975. The van der Waals surface area contributed by atoms with E-state index in [9.17, 15) is 9.59 Å². The molecule has 20 heavy (non-hydrogen) atoms. The van der Waals surface area contributed by atoms with E-state index in [1.54, 1.807) is 20.8 Å². The fourth-order valence-corrected chi connectivity index (χ4v) is 0.672. The highest BCUT2D eigenvalue weighted by Gasteiger charge is 2.04. The molecule has 0 amide bonds. The van der Waals surface area contributed by atoms with E-state index in [0.717, 1.165) is 0 Å². The summed E-state index contributed by atoms with van der Waals surface area (Å²) in [6, 6.07) is 0. The highest BCUT2D eigenvalue weighted by atomic mass is 16.5. The van der Waals surface area contributed by atoms with Gasteiger partial charge in [-0.2, -0.15) is 0 Å². The molecule has 1 atom stereocenters. The second kappa shape index (κ2) is 12.4. The summed E-state index contributed by atoms with van der Waals surface area (Å²) in [4.78, 5) is 21.2. The average Bonchev–Trinajstić information content (AvgIpc) is 2.36. The van der Waals surface area contributed by atoms with Crippen molar-refractivity contribution in [2.45, 2.75) is 33.3 Å². The second-order valence-electron chi connectivity index (χ2n) is 4.22. The Morgan fingerprint density at radius 2 is 1.55 bits per heavy atom. The van der Waals surface area contributed by atoms with Crippen molar-refractivity contribution >= 4 is 11.9 Å². The molecule has 1 unspecified atom stereocenters. The molecule has 0 rings (SSSR count). The molecule has 0 fully saturated rings. The summed E-state index contributed by atoms with van der Waals surface area (Å²) in [6.07, 6.45) is -0.123. The number of esters is 2. The third kappa shape index (κ3) is 14.4. The number of hydrogen-bond acceptors (Lipinski definition) is 6. The maximum absolute atomic E-state index is 10.6. The van der Waals surface area contributed by atoms with Gasteiger partial charge in [0.15, 0.2) is 0 Å². The summed E-state index contributed by atoms with van der Waals surface area (Å²) in [5.74, 6) is -0.852. The molecule has 2 N–H and O–H groups in total. The first kappa shape index (κ1) is 20.7. The number of aliphatic hydroxyl groups is 2. The Kier molecular flexibility index (Phi) is 12.8. The monoisotopic (exact) mass is 288 g/mol. The van der Waals surface area contributed by atoms with Crippen LogP contribution in [0.15, 0.2) is 24.3 Å². The fourth-order valence-electron chi connectivity index (χ4n) is 0.672. The lowest BCUT2D eigenvalue weighted by atomic mass is 10.3. The number of ether oxygens (including phenoxy) is 2. The zero-order valence-electron chi connectivity index (χ0n) is 12.3. The van der Waals surface area contributed by atoms with Gasteiger partial charge < -0.3 is 19.7 Å². The van der Waals surface area contributed by atoms with Crippen LogP contribution in [0.2, 0.25) is 0 Å². The molecule has 0 saturated heterocycles. The molecule has 0 aromatic rings.